The third-order valence-corrected chi connectivity index (χ3v) is 2.49. The summed E-state index contributed by atoms with van der Waals surface area (Å²) in [6.45, 7) is -0.839. The number of aliphatic hydroxyl groups is 4. The van der Waals surface area contributed by atoms with Crippen LogP contribution in [0.15, 0.2) is 0 Å². The second kappa shape index (κ2) is 5.29. The SMILES string of the molecule is CC(=O)C(CO)(CO)C(CO)CO. The molecular weight excluding hydrogens is 176 g/mol. The Labute approximate surface area is 76.6 Å². The minimum absolute atomic E-state index is 0.439. The quantitative estimate of drug-likeness (QED) is 0.396. The molecule has 0 aliphatic heterocycles. The van der Waals surface area contributed by atoms with Gasteiger partial charge in [-0.1, -0.05) is 0 Å². The minimum atomic E-state index is -1.43. The molecule has 0 aromatic carbocycles. The molecule has 0 rings (SSSR count). The summed E-state index contributed by atoms with van der Waals surface area (Å²) in [7, 11) is 0. The van der Waals surface area contributed by atoms with Gasteiger partial charge in [-0.25, -0.2) is 0 Å². The first-order valence-electron chi connectivity index (χ1n) is 4.03. The third-order valence-electron chi connectivity index (χ3n) is 2.49. The Balaban J connectivity index is 4.82. The number of rotatable bonds is 6. The van der Waals surface area contributed by atoms with Crippen LogP contribution in [0.1, 0.15) is 6.92 Å². The van der Waals surface area contributed by atoms with E-state index >= 15 is 0 Å². The summed E-state index contributed by atoms with van der Waals surface area (Å²) in [5, 5.41) is 35.6. The first-order chi connectivity index (χ1) is 6.08. The second-order valence-electron chi connectivity index (χ2n) is 3.09. The van der Waals surface area contributed by atoms with Crippen molar-refractivity contribution in [2.75, 3.05) is 26.4 Å². The highest BCUT2D eigenvalue weighted by Crippen LogP contribution is 2.27. The van der Waals surface area contributed by atoms with E-state index in [0.29, 0.717) is 0 Å². The third kappa shape index (κ3) is 2.25. The van der Waals surface area contributed by atoms with Crippen LogP contribution in [0.4, 0.5) is 0 Å². The first kappa shape index (κ1) is 12.5. The molecule has 78 valence electrons. The molecule has 0 spiro atoms. The Morgan fingerprint density at radius 3 is 1.62 bits per heavy atom. The van der Waals surface area contributed by atoms with Crippen LogP contribution >= 0.6 is 0 Å². The highest BCUT2D eigenvalue weighted by Gasteiger charge is 2.41. The number of ketones is 1. The zero-order valence-corrected chi connectivity index (χ0v) is 7.60. The smallest absolute Gasteiger partial charge is 0.141 e. The molecule has 0 aromatic heterocycles. The number of carbonyl (C=O) groups excluding carboxylic acids is 1. The van der Waals surface area contributed by atoms with Crippen molar-refractivity contribution in [3.05, 3.63) is 0 Å². The summed E-state index contributed by atoms with van der Waals surface area (Å²) in [5.41, 5.74) is -1.43. The molecule has 0 aromatic rings. The van der Waals surface area contributed by atoms with Gasteiger partial charge in [-0.2, -0.15) is 0 Å². The summed E-state index contributed by atoms with van der Waals surface area (Å²) >= 11 is 0. The van der Waals surface area contributed by atoms with Crippen LogP contribution < -0.4 is 0 Å². The molecule has 13 heavy (non-hydrogen) atoms. The van der Waals surface area contributed by atoms with E-state index in [4.69, 9.17) is 20.4 Å². The summed E-state index contributed by atoms with van der Waals surface area (Å²) in [5.74, 6) is -1.26. The maximum absolute atomic E-state index is 11.1. The average molecular weight is 192 g/mol. The second-order valence-corrected chi connectivity index (χ2v) is 3.09. The first-order valence-corrected chi connectivity index (χ1v) is 4.03. The Morgan fingerprint density at radius 2 is 1.54 bits per heavy atom. The molecule has 0 aliphatic carbocycles. The fourth-order valence-corrected chi connectivity index (χ4v) is 1.23. The molecule has 0 unspecified atom stereocenters. The maximum Gasteiger partial charge on any atom is 0.141 e. The van der Waals surface area contributed by atoms with E-state index in [1.165, 1.54) is 6.92 Å². The van der Waals surface area contributed by atoms with Gasteiger partial charge in [0.25, 0.3) is 0 Å². The molecule has 5 heteroatoms. The lowest BCUT2D eigenvalue weighted by molar-refractivity contribution is -0.140. The van der Waals surface area contributed by atoms with Crippen LogP contribution in [0.25, 0.3) is 0 Å². The zero-order chi connectivity index (χ0) is 10.5. The Bertz CT molecular complexity index is 160. The molecule has 0 fully saturated rings. The molecule has 0 saturated carbocycles. The maximum atomic E-state index is 11.1. The lowest BCUT2D eigenvalue weighted by atomic mass is 9.74. The average Bonchev–Trinajstić information content (AvgIpc) is 2.13. The van der Waals surface area contributed by atoms with Crippen molar-refractivity contribution in [3.63, 3.8) is 0 Å². The Kier molecular flexibility index (Phi) is 5.09. The molecule has 0 radical (unpaired) electrons. The highest BCUT2D eigenvalue weighted by molar-refractivity contribution is 5.83. The molecule has 0 bridgehead atoms. The van der Waals surface area contributed by atoms with Crippen molar-refractivity contribution in [3.8, 4) is 0 Å². The van der Waals surface area contributed by atoms with E-state index in [-0.39, 0.29) is 0 Å². The fourth-order valence-electron chi connectivity index (χ4n) is 1.23. The molecular formula is C8H16O5. The van der Waals surface area contributed by atoms with Crippen LogP contribution in [-0.4, -0.2) is 52.6 Å². The van der Waals surface area contributed by atoms with E-state index in [1.54, 1.807) is 0 Å². The Morgan fingerprint density at radius 1 is 1.15 bits per heavy atom. The lowest BCUT2D eigenvalue weighted by Crippen LogP contribution is -2.47. The highest BCUT2D eigenvalue weighted by atomic mass is 16.3. The van der Waals surface area contributed by atoms with Crippen LogP contribution in [-0.2, 0) is 4.79 Å². The van der Waals surface area contributed by atoms with E-state index in [2.05, 4.69) is 0 Å². The van der Waals surface area contributed by atoms with E-state index in [1.807, 2.05) is 0 Å². The van der Waals surface area contributed by atoms with Gasteiger partial charge in [-0.05, 0) is 6.92 Å². The fraction of sp³-hybridized carbons (Fsp3) is 0.875. The molecule has 0 saturated heterocycles. The number of Topliss-reactive ketones (excluding diaryl/α,β-unsaturated/α-hetero) is 1. The summed E-state index contributed by atoms with van der Waals surface area (Å²) in [6, 6.07) is 0. The van der Waals surface area contributed by atoms with Crippen molar-refractivity contribution < 1.29 is 25.2 Å². The van der Waals surface area contributed by atoms with Crippen LogP contribution in [0.5, 0.6) is 0 Å². The van der Waals surface area contributed by atoms with Crippen molar-refractivity contribution in [2.45, 2.75) is 6.92 Å². The molecule has 4 N–H and O–H groups in total. The van der Waals surface area contributed by atoms with Crippen LogP contribution in [0.2, 0.25) is 0 Å². The molecule has 0 atom stereocenters. The molecule has 0 amide bonds. The predicted molar refractivity (Wildman–Crippen MR) is 44.9 cm³/mol. The van der Waals surface area contributed by atoms with Gasteiger partial charge >= 0.3 is 0 Å². The minimum Gasteiger partial charge on any atom is -0.396 e. The van der Waals surface area contributed by atoms with Crippen molar-refractivity contribution in [2.24, 2.45) is 11.3 Å². The van der Waals surface area contributed by atoms with Gasteiger partial charge in [0.05, 0.1) is 18.6 Å². The van der Waals surface area contributed by atoms with E-state index < -0.39 is 43.5 Å². The summed E-state index contributed by atoms with van der Waals surface area (Å²) in [6.07, 6.45) is 0. The largest absolute Gasteiger partial charge is 0.396 e. The monoisotopic (exact) mass is 192 g/mol. The van der Waals surface area contributed by atoms with E-state index in [0.717, 1.165) is 0 Å². The summed E-state index contributed by atoms with van der Waals surface area (Å²) in [4.78, 5) is 11.1. The lowest BCUT2D eigenvalue weighted by Gasteiger charge is -2.33. The van der Waals surface area contributed by atoms with Gasteiger partial charge in [0, 0.05) is 19.1 Å². The van der Waals surface area contributed by atoms with Crippen LogP contribution in [0.3, 0.4) is 0 Å². The predicted octanol–water partition coefficient (Wildman–Crippen LogP) is -1.85. The van der Waals surface area contributed by atoms with Gasteiger partial charge in [-0.3, -0.25) is 4.79 Å². The number of hydrogen-bond donors (Lipinski definition) is 4. The normalized spacial score (nSPS) is 12.2. The summed E-state index contributed by atoms with van der Waals surface area (Å²) < 4.78 is 0. The standard InChI is InChI=1S/C8H16O5/c1-6(13)8(4-11,5-12)7(2-9)3-10/h7,9-12H,2-5H2,1H3. The molecule has 5 nitrogen and oxygen atoms in total. The van der Waals surface area contributed by atoms with Gasteiger partial charge in [0.15, 0.2) is 0 Å². The van der Waals surface area contributed by atoms with Gasteiger partial charge in [0.1, 0.15) is 5.78 Å². The number of hydrogen-bond acceptors (Lipinski definition) is 5. The molecule has 0 aliphatic rings. The Hall–Kier alpha value is -0.490. The topological polar surface area (TPSA) is 98.0 Å². The van der Waals surface area contributed by atoms with Crippen molar-refractivity contribution in [1.82, 2.24) is 0 Å². The zero-order valence-electron chi connectivity index (χ0n) is 7.60. The number of aliphatic hydroxyl groups excluding tert-OH is 4. The molecule has 0 heterocycles. The van der Waals surface area contributed by atoms with Crippen molar-refractivity contribution >= 4 is 5.78 Å². The van der Waals surface area contributed by atoms with E-state index in [9.17, 15) is 4.79 Å². The van der Waals surface area contributed by atoms with Crippen LogP contribution in [0, 0.1) is 11.3 Å². The van der Waals surface area contributed by atoms with Gasteiger partial charge < -0.3 is 20.4 Å². The van der Waals surface area contributed by atoms with Gasteiger partial charge in [-0.15, -0.1) is 0 Å². The number of carbonyl (C=O) groups is 1. The van der Waals surface area contributed by atoms with Gasteiger partial charge in [0.2, 0.25) is 0 Å². The van der Waals surface area contributed by atoms with Crippen molar-refractivity contribution in [1.29, 1.82) is 0 Å².